The van der Waals surface area contributed by atoms with Crippen LogP contribution < -0.4 is 0 Å². The lowest BCUT2D eigenvalue weighted by Crippen LogP contribution is -2.50. The zero-order valence-electron chi connectivity index (χ0n) is 14.4. The van der Waals surface area contributed by atoms with Crippen LogP contribution in [0, 0.1) is 0 Å². The number of hydrogen-bond donors (Lipinski definition) is 1. The number of aliphatic hydroxyl groups is 1. The van der Waals surface area contributed by atoms with Crippen molar-refractivity contribution in [3.8, 4) is 0 Å². The zero-order valence-corrected chi connectivity index (χ0v) is 16.7. The maximum atomic E-state index is 12.8. The largest absolute Gasteiger partial charge is 0.389 e. The molecule has 1 fully saturated rings. The highest BCUT2D eigenvalue weighted by Crippen LogP contribution is 2.31. The fraction of sp³-hybridized carbons (Fsp3) is 0.625. The molecule has 0 aliphatic carbocycles. The molecule has 1 heterocycles. The molecule has 0 aromatic heterocycles. The quantitative estimate of drug-likeness (QED) is 0.744. The van der Waals surface area contributed by atoms with Crippen LogP contribution in [0.15, 0.2) is 23.1 Å². The molecule has 142 valence electrons. The van der Waals surface area contributed by atoms with Crippen LogP contribution in [0.25, 0.3) is 0 Å². The minimum Gasteiger partial charge on any atom is -0.389 e. The van der Waals surface area contributed by atoms with Gasteiger partial charge in [-0.2, -0.15) is 4.31 Å². The number of rotatable bonds is 7. The van der Waals surface area contributed by atoms with Crippen molar-refractivity contribution >= 4 is 33.2 Å². The van der Waals surface area contributed by atoms with E-state index < -0.39 is 16.1 Å². The summed E-state index contributed by atoms with van der Waals surface area (Å²) in [5.74, 6) is 0. The molecule has 0 spiro atoms. The molecular formula is C16H24Cl2N2O4S. The second-order valence-electron chi connectivity index (χ2n) is 6.29. The van der Waals surface area contributed by atoms with Crippen LogP contribution in [0.4, 0.5) is 0 Å². The molecule has 1 aromatic rings. The van der Waals surface area contributed by atoms with Gasteiger partial charge in [0.1, 0.15) is 4.90 Å². The maximum Gasteiger partial charge on any atom is 0.246 e. The number of nitrogens with zero attached hydrogens (tertiary/aromatic N) is 2. The van der Waals surface area contributed by atoms with Gasteiger partial charge in [0, 0.05) is 32.7 Å². The first-order valence-electron chi connectivity index (χ1n) is 8.18. The smallest absolute Gasteiger partial charge is 0.246 e. The Bertz CT molecular complexity index is 656. The molecule has 6 nitrogen and oxygen atoms in total. The number of sulfonamides is 1. The molecule has 9 heteroatoms. The summed E-state index contributed by atoms with van der Waals surface area (Å²) in [5.41, 5.74) is 0. The Morgan fingerprint density at radius 2 is 1.72 bits per heavy atom. The van der Waals surface area contributed by atoms with Crippen LogP contribution >= 0.6 is 23.2 Å². The first-order valence-corrected chi connectivity index (χ1v) is 10.4. The first-order chi connectivity index (χ1) is 11.7. The molecule has 0 amide bonds. The van der Waals surface area contributed by atoms with E-state index in [4.69, 9.17) is 27.9 Å². The van der Waals surface area contributed by atoms with Gasteiger partial charge in [-0.25, -0.2) is 8.42 Å². The number of piperazine rings is 1. The minimum absolute atomic E-state index is 0.0443. The molecular weight excluding hydrogens is 387 g/mol. The average Bonchev–Trinajstić information content (AvgIpc) is 2.53. The van der Waals surface area contributed by atoms with Crippen LogP contribution in [-0.2, 0) is 14.8 Å². The predicted molar refractivity (Wildman–Crippen MR) is 98.8 cm³/mol. The Morgan fingerprint density at radius 1 is 1.16 bits per heavy atom. The van der Waals surface area contributed by atoms with Gasteiger partial charge in [0.25, 0.3) is 0 Å². The van der Waals surface area contributed by atoms with Crippen molar-refractivity contribution in [2.75, 3.05) is 39.3 Å². The number of benzene rings is 1. The third-order valence-electron chi connectivity index (χ3n) is 3.94. The van der Waals surface area contributed by atoms with Crippen molar-refractivity contribution in [1.82, 2.24) is 9.21 Å². The SMILES string of the molecule is CC(C)OCC(O)CN1CCN(S(=O)(=O)c2c(Cl)cccc2Cl)CC1. The number of aliphatic hydroxyl groups excluding tert-OH is 1. The van der Waals surface area contributed by atoms with E-state index in [-0.39, 0.29) is 27.7 Å². The van der Waals surface area contributed by atoms with Crippen LogP contribution in [0.5, 0.6) is 0 Å². The molecule has 0 radical (unpaired) electrons. The van der Waals surface area contributed by atoms with Crippen LogP contribution in [0.2, 0.25) is 10.0 Å². The Hall–Kier alpha value is -0.410. The van der Waals surface area contributed by atoms with Crippen molar-refractivity contribution in [1.29, 1.82) is 0 Å². The Kier molecular flexibility index (Phi) is 7.52. The van der Waals surface area contributed by atoms with Crippen molar-refractivity contribution in [3.63, 3.8) is 0 Å². The number of ether oxygens (including phenoxy) is 1. The molecule has 0 bridgehead atoms. The molecule has 1 aliphatic heterocycles. The van der Waals surface area contributed by atoms with E-state index >= 15 is 0 Å². The lowest BCUT2D eigenvalue weighted by molar-refractivity contribution is -0.0117. The second kappa shape index (κ2) is 8.99. The highest BCUT2D eigenvalue weighted by Gasteiger charge is 2.32. The highest BCUT2D eigenvalue weighted by molar-refractivity contribution is 7.89. The molecule has 2 rings (SSSR count). The van der Waals surface area contributed by atoms with Gasteiger partial charge in [0.15, 0.2) is 0 Å². The summed E-state index contributed by atoms with van der Waals surface area (Å²) >= 11 is 12.1. The molecule has 1 unspecified atom stereocenters. The van der Waals surface area contributed by atoms with Gasteiger partial charge in [-0.15, -0.1) is 0 Å². The molecule has 1 atom stereocenters. The number of hydrogen-bond acceptors (Lipinski definition) is 5. The second-order valence-corrected chi connectivity index (χ2v) is 8.98. The van der Waals surface area contributed by atoms with Crippen LogP contribution in [-0.4, -0.2) is 74.3 Å². The summed E-state index contributed by atoms with van der Waals surface area (Å²) in [4.78, 5) is 1.98. The summed E-state index contributed by atoms with van der Waals surface area (Å²) < 4.78 is 32.4. The van der Waals surface area contributed by atoms with Gasteiger partial charge >= 0.3 is 0 Å². The average molecular weight is 411 g/mol. The Labute approximate surface area is 159 Å². The van der Waals surface area contributed by atoms with E-state index in [2.05, 4.69) is 0 Å². The number of halogens is 2. The van der Waals surface area contributed by atoms with Crippen molar-refractivity contribution < 1.29 is 18.3 Å². The van der Waals surface area contributed by atoms with Gasteiger partial charge in [-0.05, 0) is 26.0 Å². The summed E-state index contributed by atoms with van der Waals surface area (Å²) in [6.45, 7) is 6.24. The van der Waals surface area contributed by atoms with Crippen LogP contribution in [0.1, 0.15) is 13.8 Å². The molecule has 1 N–H and O–H groups in total. The molecule has 1 aromatic carbocycles. The van der Waals surface area contributed by atoms with Crippen molar-refractivity contribution in [3.05, 3.63) is 28.2 Å². The summed E-state index contributed by atoms with van der Waals surface area (Å²) in [5, 5.41) is 10.2. The Balaban J connectivity index is 1.95. The minimum atomic E-state index is -3.74. The first kappa shape index (κ1) is 20.9. The number of β-amino-alcohol motifs (C(OH)–C–C–N with tert-alkyl or cyclic N) is 1. The third-order valence-corrected chi connectivity index (χ3v) is 6.79. The Morgan fingerprint density at radius 3 is 2.24 bits per heavy atom. The summed E-state index contributed by atoms with van der Waals surface area (Å²) in [6.07, 6.45) is -0.527. The normalized spacial score (nSPS) is 18.6. The van der Waals surface area contributed by atoms with E-state index in [1.165, 1.54) is 16.4 Å². The highest BCUT2D eigenvalue weighted by atomic mass is 35.5. The van der Waals surface area contributed by atoms with Gasteiger partial charge in [-0.1, -0.05) is 29.3 Å². The topological polar surface area (TPSA) is 70.1 Å². The van der Waals surface area contributed by atoms with E-state index in [9.17, 15) is 13.5 Å². The van der Waals surface area contributed by atoms with E-state index in [1.807, 2.05) is 18.7 Å². The zero-order chi connectivity index (χ0) is 18.6. The maximum absolute atomic E-state index is 12.8. The lowest BCUT2D eigenvalue weighted by Gasteiger charge is -2.35. The third kappa shape index (κ3) is 5.53. The van der Waals surface area contributed by atoms with E-state index in [0.717, 1.165) is 0 Å². The van der Waals surface area contributed by atoms with Gasteiger partial charge < -0.3 is 9.84 Å². The monoisotopic (exact) mass is 410 g/mol. The van der Waals surface area contributed by atoms with Gasteiger partial charge in [-0.3, -0.25) is 4.90 Å². The predicted octanol–water partition coefficient (Wildman–Crippen LogP) is 2.09. The fourth-order valence-corrected chi connectivity index (χ4v) is 5.18. The molecule has 0 saturated carbocycles. The summed E-state index contributed by atoms with van der Waals surface area (Å²) in [7, 11) is -3.74. The standard InChI is InChI=1S/C16H24Cl2N2O4S/c1-12(2)24-11-13(21)10-19-6-8-20(9-7-19)25(22,23)16-14(17)4-3-5-15(16)18/h3-5,12-13,21H,6-11H2,1-2H3. The lowest BCUT2D eigenvalue weighted by atomic mass is 10.3. The van der Waals surface area contributed by atoms with E-state index in [0.29, 0.717) is 32.7 Å². The molecule has 1 aliphatic rings. The van der Waals surface area contributed by atoms with Crippen LogP contribution in [0.3, 0.4) is 0 Å². The van der Waals surface area contributed by atoms with E-state index in [1.54, 1.807) is 6.07 Å². The molecule has 1 saturated heterocycles. The van der Waals surface area contributed by atoms with Crippen molar-refractivity contribution in [2.45, 2.75) is 31.0 Å². The molecule has 25 heavy (non-hydrogen) atoms. The van der Waals surface area contributed by atoms with Gasteiger partial charge in [0.2, 0.25) is 10.0 Å². The fourth-order valence-electron chi connectivity index (χ4n) is 2.66. The van der Waals surface area contributed by atoms with Gasteiger partial charge in [0.05, 0.1) is 28.9 Å². The summed E-state index contributed by atoms with van der Waals surface area (Å²) in [6, 6.07) is 4.64. The van der Waals surface area contributed by atoms with Crippen molar-refractivity contribution in [2.24, 2.45) is 0 Å².